The van der Waals surface area contributed by atoms with Crippen molar-refractivity contribution in [3.05, 3.63) is 65.9 Å². The molecule has 2 aromatic rings. The van der Waals surface area contributed by atoms with E-state index in [2.05, 4.69) is 12.0 Å². The topological polar surface area (TPSA) is 47.6 Å². The van der Waals surface area contributed by atoms with Crippen LogP contribution in [-0.4, -0.2) is 11.1 Å². The molecule has 0 heterocycles. The lowest BCUT2D eigenvalue weighted by molar-refractivity contribution is -0.137. The zero-order chi connectivity index (χ0) is 25.1. The molecule has 2 atom stereocenters. The number of benzene rings is 2. The van der Waals surface area contributed by atoms with Crippen molar-refractivity contribution in [2.24, 2.45) is 16.9 Å². The lowest BCUT2D eigenvalue weighted by atomic mass is 9.92. The number of alkyl halides is 4. The molecule has 0 spiro atoms. The largest absolute Gasteiger partial charge is 0.461 e. The lowest BCUT2D eigenvalue weighted by Gasteiger charge is -2.20. The molecule has 0 aliphatic heterocycles. The van der Waals surface area contributed by atoms with E-state index in [4.69, 9.17) is 22.2 Å². The van der Waals surface area contributed by atoms with Gasteiger partial charge in [0, 0.05) is 29.0 Å². The molecule has 0 saturated carbocycles. The van der Waals surface area contributed by atoms with Gasteiger partial charge in [-0.3, -0.25) is 0 Å². The molecule has 3 nitrogen and oxygen atoms in total. The van der Waals surface area contributed by atoms with Crippen LogP contribution < -0.4 is 10.6 Å². The first-order chi connectivity index (χ1) is 16.2. The highest BCUT2D eigenvalue weighted by atomic mass is 35.5. The number of halogens is 4. The van der Waals surface area contributed by atoms with Gasteiger partial charge in [-0.05, 0) is 56.4 Å². The van der Waals surface area contributed by atoms with Gasteiger partial charge in [0.1, 0.15) is 11.5 Å². The fourth-order valence-corrected chi connectivity index (χ4v) is 4.05. The van der Waals surface area contributed by atoms with Gasteiger partial charge >= 0.3 is 6.18 Å². The van der Waals surface area contributed by atoms with E-state index in [9.17, 15) is 13.2 Å². The van der Waals surface area contributed by atoms with Crippen molar-refractivity contribution < 1.29 is 17.9 Å². The summed E-state index contributed by atoms with van der Waals surface area (Å²) in [6.07, 6.45) is 1.75. The summed E-state index contributed by atoms with van der Waals surface area (Å²) < 4.78 is 46.6. The molecule has 7 heteroatoms. The van der Waals surface area contributed by atoms with Crippen LogP contribution in [0.1, 0.15) is 64.9 Å². The Labute approximate surface area is 205 Å². The predicted octanol–water partition coefficient (Wildman–Crippen LogP) is 8.57. The molecule has 186 valence electrons. The maximum atomic E-state index is 13.5. The summed E-state index contributed by atoms with van der Waals surface area (Å²) in [6.45, 7) is 6.04. The number of hydrazone groups is 1. The van der Waals surface area contributed by atoms with Crippen molar-refractivity contribution in [2.75, 3.05) is 0 Å². The normalized spacial score (nSPS) is 14.7. The van der Waals surface area contributed by atoms with E-state index >= 15 is 0 Å². The van der Waals surface area contributed by atoms with E-state index in [0.717, 1.165) is 49.1 Å². The second-order valence-corrected chi connectivity index (χ2v) is 9.12. The second kappa shape index (κ2) is 13.4. The molecule has 0 bridgehead atoms. The fourth-order valence-electron chi connectivity index (χ4n) is 3.84. The molecule has 0 aliphatic rings. The number of hydrogen-bond donors (Lipinski definition) is 1. The molecule has 2 rings (SSSR count). The third kappa shape index (κ3) is 8.39. The Morgan fingerprint density at radius 3 is 2.38 bits per heavy atom. The summed E-state index contributed by atoms with van der Waals surface area (Å²) in [7, 11) is 0. The fraction of sp³-hybridized carbons (Fsp3) is 0.444. The number of rotatable bonds is 12. The van der Waals surface area contributed by atoms with Gasteiger partial charge in [-0.2, -0.15) is 18.3 Å². The minimum Gasteiger partial charge on any atom is -0.461 e. The van der Waals surface area contributed by atoms with Crippen LogP contribution in [0.3, 0.4) is 0 Å². The number of nitrogens with two attached hydrogens (primary N) is 1. The SMILES string of the molecule is CCC/C=C(/CC/C(=N/N)C(CC)CC(C)Cl)Oc1cc(C(F)(F)F)ccc1-c1ccccc1. The maximum absolute atomic E-state index is 13.5. The number of ether oxygens (including phenoxy) is 1. The molecular formula is C27H34ClF3N2O. The number of allylic oxidation sites excluding steroid dienone is 2. The van der Waals surface area contributed by atoms with Crippen molar-refractivity contribution in [3.8, 4) is 16.9 Å². The van der Waals surface area contributed by atoms with Gasteiger partial charge in [0.25, 0.3) is 0 Å². The first-order valence-electron chi connectivity index (χ1n) is 11.7. The Morgan fingerprint density at radius 1 is 1.12 bits per heavy atom. The van der Waals surface area contributed by atoms with Crippen LogP contribution in [0.2, 0.25) is 0 Å². The highest BCUT2D eigenvalue weighted by Gasteiger charge is 2.31. The minimum absolute atomic E-state index is 0.00778. The van der Waals surface area contributed by atoms with E-state index in [1.165, 1.54) is 6.07 Å². The van der Waals surface area contributed by atoms with E-state index < -0.39 is 11.7 Å². The standard InChI is InChI=1S/C27H34ClF3N2O/c1-4-6-12-23(14-16-25(33-32)20(5-2)17-19(3)28)34-26-18-22(27(29,30)31)13-15-24(26)21-10-8-7-9-11-21/h7-13,15,18-20H,4-6,14,16-17,32H2,1-3H3/b23-12-,33-25-. The summed E-state index contributed by atoms with van der Waals surface area (Å²) in [4.78, 5) is 0. The summed E-state index contributed by atoms with van der Waals surface area (Å²) in [5, 5.41) is 4.00. The van der Waals surface area contributed by atoms with Gasteiger partial charge in [0.2, 0.25) is 0 Å². The Morgan fingerprint density at radius 2 is 1.82 bits per heavy atom. The minimum atomic E-state index is -4.47. The molecule has 0 fully saturated rings. The number of nitrogens with zero attached hydrogens (tertiary/aromatic N) is 1. The van der Waals surface area contributed by atoms with Crippen molar-refractivity contribution in [1.29, 1.82) is 0 Å². The molecular weight excluding hydrogens is 461 g/mol. The first-order valence-corrected chi connectivity index (χ1v) is 12.2. The van der Waals surface area contributed by atoms with Crippen LogP contribution in [0.25, 0.3) is 11.1 Å². The predicted molar refractivity (Wildman–Crippen MR) is 135 cm³/mol. The van der Waals surface area contributed by atoms with Crippen LogP contribution >= 0.6 is 11.6 Å². The van der Waals surface area contributed by atoms with Crippen LogP contribution in [0.5, 0.6) is 5.75 Å². The van der Waals surface area contributed by atoms with Gasteiger partial charge in [-0.1, -0.05) is 56.7 Å². The van der Waals surface area contributed by atoms with Gasteiger partial charge in [-0.15, -0.1) is 11.6 Å². The number of hydrogen-bond acceptors (Lipinski definition) is 3. The molecule has 0 saturated heterocycles. The van der Waals surface area contributed by atoms with Gasteiger partial charge in [-0.25, -0.2) is 0 Å². The summed E-state index contributed by atoms with van der Waals surface area (Å²) in [5.41, 5.74) is 1.48. The van der Waals surface area contributed by atoms with Crippen molar-refractivity contribution >= 4 is 17.3 Å². The molecule has 0 aliphatic carbocycles. The summed E-state index contributed by atoms with van der Waals surface area (Å²) >= 11 is 6.19. The second-order valence-electron chi connectivity index (χ2n) is 8.38. The van der Waals surface area contributed by atoms with Crippen molar-refractivity contribution in [2.45, 2.75) is 70.8 Å². The quantitative estimate of drug-likeness (QED) is 0.106. The Kier molecular flexibility index (Phi) is 11.0. The molecule has 2 unspecified atom stereocenters. The highest BCUT2D eigenvalue weighted by molar-refractivity contribution is 6.20. The van der Waals surface area contributed by atoms with E-state index in [1.54, 1.807) is 0 Å². The lowest BCUT2D eigenvalue weighted by Crippen LogP contribution is -2.19. The van der Waals surface area contributed by atoms with Gasteiger partial charge < -0.3 is 10.6 Å². The monoisotopic (exact) mass is 494 g/mol. The molecule has 0 aromatic heterocycles. The third-order valence-corrected chi connectivity index (χ3v) is 5.84. The van der Waals surface area contributed by atoms with Gasteiger partial charge in [0.15, 0.2) is 0 Å². The molecule has 34 heavy (non-hydrogen) atoms. The van der Waals surface area contributed by atoms with E-state index in [1.807, 2.05) is 50.3 Å². The van der Waals surface area contributed by atoms with Gasteiger partial charge in [0.05, 0.1) is 5.56 Å². The highest BCUT2D eigenvalue weighted by Crippen LogP contribution is 2.38. The number of unbranched alkanes of at least 4 members (excludes halogenated alkanes) is 1. The zero-order valence-electron chi connectivity index (χ0n) is 20.0. The Balaban J connectivity index is 2.36. The molecule has 0 radical (unpaired) electrons. The molecule has 2 N–H and O–H groups in total. The maximum Gasteiger partial charge on any atom is 0.416 e. The average Bonchev–Trinajstić information content (AvgIpc) is 2.81. The molecule has 0 amide bonds. The van der Waals surface area contributed by atoms with Crippen LogP contribution in [0.4, 0.5) is 13.2 Å². The smallest absolute Gasteiger partial charge is 0.416 e. The Bertz CT molecular complexity index is 956. The van der Waals surface area contributed by atoms with E-state index in [0.29, 0.717) is 24.2 Å². The average molecular weight is 495 g/mol. The molecule has 2 aromatic carbocycles. The van der Waals surface area contributed by atoms with Crippen LogP contribution in [-0.2, 0) is 6.18 Å². The zero-order valence-corrected chi connectivity index (χ0v) is 20.8. The Hall–Kier alpha value is -2.47. The van der Waals surface area contributed by atoms with E-state index in [-0.39, 0.29) is 17.0 Å². The summed E-state index contributed by atoms with van der Waals surface area (Å²) in [5.74, 6) is 6.62. The van der Waals surface area contributed by atoms with Crippen LogP contribution in [0, 0.1) is 5.92 Å². The third-order valence-electron chi connectivity index (χ3n) is 5.66. The first kappa shape index (κ1) is 27.8. The summed E-state index contributed by atoms with van der Waals surface area (Å²) in [6, 6.07) is 12.9. The van der Waals surface area contributed by atoms with Crippen molar-refractivity contribution in [1.82, 2.24) is 0 Å². The van der Waals surface area contributed by atoms with Crippen LogP contribution in [0.15, 0.2) is 65.5 Å². The van der Waals surface area contributed by atoms with Crippen molar-refractivity contribution in [3.63, 3.8) is 0 Å².